The van der Waals surface area contributed by atoms with Gasteiger partial charge in [0.15, 0.2) is 23.3 Å². The van der Waals surface area contributed by atoms with Crippen LogP contribution in [-0.2, 0) is 4.74 Å². The summed E-state index contributed by atoms with van der Waals surface area (Å²) >= 11 is 0. The Morgan fingerprint density at radius 2 is 1.39 bits per heavy atom. The van der Waals surface area contributed by atoms with E-state index < -0.39 is 40.8 Å². The molecular formula is C11H11F5O2. The maximum Gasteiger partial charge on any atom is 0.200 e. The zero-order valence-corrected chi connectivity index (χ0v) is 9.44. The maximum atomic E-state index is 13.3. The Labute approximate surface area is 100.0 Å². The lowest BCUT2D eigenvalue weighted by Crippen LogP contribution is -2.12. The van der Waals surface area contributed by atoms with Gasteiger partial charge in [0.1, 0.15) is 0 Å². The molecule has 0 aliphatic heterocycles. The molecule has 0 aromatic heterocycles. The summed E-state index contributed by atoms with van der Waals surface area (Å²) in [4.78, 5) is 0. The van der Waals surface area contributed by atoms with Gasteiger partial charge < -0.3 is 9.84 Å². The number of ether oxygens (including phenoxy) is 1. The number of hydrogen-bond donors (Lipinski definition) is 1. The van der Waals surface area contributed by atoms with Crippen LogP contribution in [-0.4, -0.2) is 18.8 Å². The minimum Gasteiger partial charge on any atom is -0.388 e. The van der Waals surface area contributed by atoms with Crippen LogP contribution in [0.3, 0.4) is 0 Å². The van der Waals surface area contributed by atoms with Crippen molar-refractivity contribution in [2.24, 2.45) is 0 Å². The van der Waals surface area contributed by atoms with Crippen LogP contribution in [0.15, 0.2) is 0 Å². The third kappa shape index (κ3) is 2.78. The standard InChI is InChI=1S/C11H11F5O2/c1-18-4-2-3-5(17)6-7(12)9(14)11(16)10(15)8(6)13/h5,17H,2-4H2,1H3. The molecule has 1 rings (SSSR count). The lowest BCUT2D eigenvalue weighted by Gasteiger charge is -2.14. The number of benzene rings is 1. The number of aliphatic hydroxyl groups excluding tert-OH is 1. The Hall–Kier alpha value is -1.21. The summed E-state index contributed by atoms with van der Waals surface area (Å²) in [5.74, 6) is -10.4. The van der Waals surface area contributed by atoms with Crippen LogP contribution in [0.4, 0.5) is 22.0 Å². The summed E-state index contributed by atoms with van der Waals surface area (Å²) in [6, 6.07) is 0. The van der Waals surface area contributed by atoms with Crippen LogP contribution < -0.4 is 0 Å². The Morgan fingerprint density at radius 3 is 1.83 bits per heavy atom. The molecule has 1 aromatic rings. The molecular weight excluding hydrogens is 259 g/mol. The predicted molar refractivity (Wildman–Crippen MR) is 52.3 cm³/mol. The highest BCUT2D eigenvalue weighted by atomic mass is 19.2. The van der Waals surface area contributed by atoms with Gasteiger partial charge in [-0.05, 0) is 12.8 Å². The first-order valence-corrected chi connectivity index (χ1v) is 5.10. The Morgan fingerprint density at radius 1 is 0.944 bits per heavy atom. The Balaban J connectivity index is 3.08. The molecule has 0 aliphatic rings. The third-order valence-electron chi connectivity index (χ3n) is 2.40. The first kappa shape index (κ1) is 14.8. The fourth-order valence-corrected chi connectivity index (χ4v) is 1.48. The molecule has 0 aliphatic carbocycles. The zero-order chi connectivity index (χ0) is 13.9. The van der Waals surface area contributed by atoms with Crippen molar-refractivity contribution in [2.45, 2.75) is 18.9 Å². The van der Waals surface area contributed by atoms with Crippen LogP contribution in [0.25, 0.3) is 0 Å². The average Bonchev–Trinajstić information content (AvgIpc) is 2.34. The molecule has 0 spiro atoms. The largest absolute Gasteiger partial charge is 0.388 e. The number of rotatable bonds is 5. The van der Waals surface area contributed by atoms with Gasteiger partial charge in [-0.1, -0.05) is 0 Å². The second kappa shape index (κ2) is 6.10. The number of hydrogen-bond acceptors (Lipinski definition) is 2. The highest BCUT2D eigenvalue weighted by molar-refractivity contribution is 5.25. The van der Waals surface area contributed by atoms with Crippen molar-refractivity contribution in [3.63, 3.8) is 0 Å². The molecule has 18 heavy (non-hydrogen) atoms. The minimum atomic E-state index is -2.24. The molecule has 1 N–H and O–H groups in total. The van der Waals surface area contributed by atoms with Crippen molar-refractivity contribution in [3.05, 3.63) is 34.6 Å². The van der Waals surface area contributed by atoms with E-state index in [1.54, 1.807) is 0 Å². The molecule has 0 saturated carbocycles. The van der Waals surface area contributed by atoms with Gasteiger partial charge in [-0.2, -0.15) is 0 Å². The molecule has 7 heteroatoms. The van der Waals surface area contributed by atoms with Crippen molar-refractivity contribution in [3.8, 4) is 0 Å². The van der Waals surface area contributed by atoms with Crippen LogP contribution >= 0.6 is 0 Å². The maximum absolute atomic E-state index is 13.3. The first-order chi connectivity index (χ1) is 8.41. The summed E-state index contributed by atoms with van der Waals surface area (Å²) in [6.07, 6.45) is -1.73. The molecule has 0 heterocycles. The fraction of sp³-hybridized carbons (Fsp3) is 0.455. The highest BCUT2D eigenvalue weighted by Crippen LogP contribution is 2.29. The lowest BCUT2D eigenvalue weighted by atomic mass is 10.0. The molecule has 0 fully saturated rings. The van der Waals surface area contributed by atoms with Crippen LogP contribution in [0, 0.1) is 29.1 Å². The first-order valence-electron chi connectivity index (χ1n) is 5.10. The topological polar surface area (TPSA) is 29.5 Å². The van der Waals surface area contributed by atoms with E-state index in [9.17, 15) is 27.1 Å². The van der Waals surface area contributed by atoms with Crippen molar-refractivity contribution >= 4 is 0 Å². The van der Waals surface area contributed by atoms with E-state index in [1.807, 2.05) is 0 Å². The van der Waals surface area contributed by atoms with Gasteiger partial charge in [0.05, 0.1) is 11.7 Å². The lowest BCUT2D eigenvalue weighted by molar-refractivity contribution is 0.128. The SMILES string of the molecule is COCCCC(O)c1c(F)c(F)c(F)c(F)c1F. The van der Waals surface area contributed by atoms with Gasteiger partial charge in [-0.3, -0.25) is 0 Å². The summed E-state index contributed by atoms with van der Waals surface area (Å²) in [7, 11) is 1.38. The van der Waals surface area contributed by atoms with E-state index in [1.165, 1.54) is 7.11 Å². The van der Waals surface area contributed by atoms with Crippen molar-refractivity contribution in [2.75, 3.05) is 13.7 Å². The molecule has 0 amide bonds. The van der Waals surface area contributed by atoms with Crippen molar-refractivity contribution in [1.29, 1.82) is 0 Å². The van der Waals surface area contributed by atoms with E-state index in [0.717, 1.165) is 0 Å². The highest BCUT2D eigenvalue weighted by Gasteiger charge is 2.29. The smallest absolute Gasteiger partial charge is 0.200 e. The normalized spacial score (nSPS) is 12.8. The summed E-state index contributed by atoms with van der Waals surface area (Å²) in [5.41, 5.74) is -1.21. The molecule has 1 aromatic carbocycles. The summed E-state index contributed by atoms with van der Waals surface area (Å²) < 4.78 is 69.6. The minimum absolute atomic E-state index is 0.174. The number of halogens is 5. The number of methoxy groups -OCH3 is 1. The van der Waals surface area contributed by atoms with Crippen LogP contribution in [0.2, 0.25) is 0 Å². The van der Waals surface area contributed by atoms with Gasteiger partial charge in [-0.15, -0.1) is 0 Å². The summed E-state index contributed by atoms with van der Waals surface area (Å²) in [6.45, 7) is 0.201. The molecule has 0 saturated heterocycles. The average molecular weight is 270 g/mol. The number of aliphatic hydroxyl groups is 1. The van der Waals surface area contributed by atoms with Gasteiger partial charge in [0, 0.05) is 13.7 Å². The van der Waals surface area contributed by atoms with Gasteiger partial charge in [0.25, 0.3) is 0 Å². The van der Waals surface area contributed by atoms with Crippen LogP contribution in [0.1, 0.15) is 24.5 Å². The molecule has 1 atom stereocenters. The Bertz CT molecular complexity index is 407. The molecule has 102 valence electrons. The fourth-order valence-electron chi connectivity index (χ4n) is 1.48. The van der Waals surface area contributed by atoms with E-state index in [-0.39, 0.29) is 19.4 Å². The van der Waals surface area contributed by atoms with E-state index >= 15 is 0 Å². The van der Waals surface area contributed by atoms with Gasteiger partial charge in [-0.25, -0.2) is 22.0 Å². The van der Waals surface area contributed by atoms with Gasteiger partial charge >= 0.3 is 0 Å². The third-order valence-corrected chi connectivity index (χ3v) is 2.40. The van der Waals surface area contributed by atoms with Crippen molar-refractivity contribution in [1.82, 2.24) is 0 Å². The van der Waals surface area contributed by atoms with E-state index in [0.29, 0.717) is 0 Å². The van der Waals surface area contributed by atoms with E-state index in [4.69, 9.17) is 0 Å². The van der Waals surface area contributed by atoms with Crippen molar-refractivity contribution < 1.29 is 31.8 Å². The van der Waals surface area contributed by atoms with Gasteiger partial charge in [0.2, 0.25) is 5.82 Å². The second-order valence-corrected chi connectivity index (χ2v) is 3.63. The quantitative estimate of drug-likeness (QED) is 0.386. The second-order valence-electron chi connectivity index (χ2n) is 3.63. The molecule has 2 nitrogen and oxygen atoms in total. The predicted octanol–water partition coefficient (Wildman–Crippen LogP) is 2.84. The Kier molecular flexibility index (Phi) is 5.03. The molecule has 0 bridgehead atoms. The molecule has 0 radical (unpaired) electrons. The van der Waals surface area contributed by atoms with Crippen LogP contribution in [0.5, 0.6) is 0 Å². The zero-order valence-electron chi connectivity index (χ0n) is 9.44. The van der Waals surface area contributed by atoms with E-state index in [2.05, 4.69) is 4.74 Å². The summed E-state index contributed by atoms with van der Waals surface area (Å²) in [5, 5.41) is 9.46. The monoisotopic (exact) mass is 270 g/mol. The molecule has 1 unspecified atom stereocenters.